The summed E-state index contributed by atoms with van der Waals surface area (Å²) in [7, 11) is 1.59. The first-order valence-electron chi connectivity index (χ1n) is 8.79. The minimum absolute atomic E-state index is 0.105. The van der Waals surface area contributed by atoms with Gasteiger partial charge in [0.25, 0.3) is 0 Å². The fourth-order valence-corrected chi connectivity index (χ4v) is 3.31. The molecular formula is C17H22N8O2S. The number of nitrogens with one attached hydrogen (secondary N) is 2. The van der Waals surface area contributed by atoms with Crippen LogP contribution in [0.15, 0.2) is 34.2 Å². The zero-order valence-electron chi connectivity index (χ0n) is 15.7. The highest BCUT2D eigenvalue weighted by Crippen LogP contribution is 2.26. The zero-order chi connectivity index (χ0) is 19.9. The lowest BCUT2D eigenvalue weighted by atomic mass is 10.3. The number of nitrogens with two attached hydrogens (primary N) is 1. The van der Waals surface area contributed by atoms with Gasteiger partial charge < -0.3 is 15.8 Å². The second-order valence-electron chi connectivity index (χ2n) is 5.86. The quantitative estimate of drug-likeness (QED) is 0.460. The van der Waals surface area contributed by atoms with Crippen molar-refractivity contribution in [2.45, 2.75) is 37.2 Å². The maximum atomic E-state index is 11.9. The van der Waals surface area contributed by atoms with Crippen LogP contribution in [0, 0.1) is 0 Å². The third-order valence-corrected chi connectivity index (χ3v) is 4.81. The second kappa shape index (κ2) is 9.22. The third kappa shape index (κ3) is 4.80. The van der Waals surface area contributed by atoms with Crippen molar-refractivity contribution in [2.75, 3.05) is 18.2 Å². The number of thioether (sulfide) groups is 1. The number of aromatic nitrogens is 6. The number of ether oxygens (including phenoxy) is 1. The van der Waals surface area contributed by atoms with Crippen LogP contribution in [-0.4, -0.2) is 36.8 Å². The van der Waals surface area contributed by atoms with Crippen LogP contribution in [0.2, 0.25) is 0 Å². The van der Waals surface area contributed by atoms with E-state index in [0.717, 1.165) is 18.5 Å². The van der Waals surface area contributed by atoms with Gasteiger partial charge in [0.15, 0.2) is 5.16 Å². The number of aromatic amines is 1. The molecule has 10 nitrogen and oxygen atoms in total. The smallest absolute Gasteiger partial charge is 0.343 e. The van der Waals surface area contributed by atoms with Crippen molar-refractivity contribution in [3.8, 4) is 5.75 Å². The summed E-state index contributed by atoms with van der Waals surface area (Å²) in [5, 5.41) is 10.2. The van der Waals surface area contributed by atoms with Crippen molar-refractivity contribution in [1.82, 2.24) is 29.7 Å². The Labute approximate surface area is 166 Å². The van der Waals surface area contributed by atoms with Crippen LogP contribution >= 0.6 is 11.8 Å². The van der Waals surface area contributed by atoms with Crippen molar-refractivity contribution < 1.29 is 4.74 Å². The molecule has 3 rings (SSSR count). The first-order valence-corrected chi connectivity index (χ1v) is 9.77. The van der Waals surface area contributed by atoms with Crippen molar-refractivity contribution in [1.29, 1.82) is 0 Å². The number of nitrogens with zero attached hydrogens (tertiary/aromatic N) is 5. The Kier molecular flexibility index (Phi) is 6.48. The molecule has 0 spiro atoms. The Balaban J connectivity index is 1.75. The number of H-pyrrole nitrogens is 1. The summed E-state index contributed by atoms with van der Waals surface area (Å²) in [5.74, 6) is 1.96. The highest BCUT2D eigenvalue weighted by Gasteiger charge is 2.12. The first-order chi connectivity index (χ1) is 13.6. The molecule has 0 amide bonds. The number of hydrogen-bond donors (Lipinski definition) is 3. The van der Waals surface area contributed by atoms with E-state index in [1.165, 1.54) is 11.8 Å². The number of hydrogen-bond acceptors (Lipinski definition) is 9. The van der Waals surface area contributed by atoms with Crippen LogP contribution in [0.4, 0.5) is 17.6 Å². The van der Waals surface area contributed by atoms with Crippen molar-refractivity contribution in [3.05, 3.63) is 40.6 Å². The zero-order valence-corrected chi connectivity index (χ0v) is 16.5. The van der Waals surface area contributed by atoms with E-state index in [0.29, 0.717) is 35.0 Å². The van der Waals surface area contributed by atoms with Crippen LogP contribution < -0.4 is 21.5 Å². The predicted octanol–water partition coefficient (Wildman–Crippen LogP) is 2.18. The SMILES string of the molecule is CCCCn1c(SCc2nc(N)nc(Nc3ccccc3OC)n2)n[nH]c1=O. The van der Waals surface area contributed by atoms with Crippen LogP contribution in [0.3, 0.4) is 0 Å². The van der Waals surface area contributed by atoms with Gasteiger partial charge in [-0.25, -0.2) is 9.89 Å². The first kappa shape index (κ1) is 19.7. The van der Waals surface area contributed by atoms with Crippen LogP contribution in [0.1, 0.15) is 25.6 Å². The maximum Gasteiger partial charge on any atom is 0.343 e. The summed E-state index contributed by atoms with van der Waals surface area (Å²) in [4.78, 5) is 24.6. The lowest BCUT2D eigenvalue weighted by Crippen LogP contribution is -2.17. The Morgan fingerprint density at radius 2 is 2.11 bits per heavy atom. The molecule has 0 bridgehead atoms. The molecule has 0 fully saturated rings. The molecule has 0 radical (unpaired) electrons. The van der Waals surface area contributed by atoms with Gasteiger partial charge in [0, 0.05) is 6.54 Å². The number of para-hydroxylation sites is 2. The van der Waals surface area contributed by atoms with Gasteiger partial charge in [-0.2, -0.15) is 15.0 Å². The van der Waals surface area contributed by atoms with Gasteiger partial charge in [-0.15, -0.1) is 5.10 Å². The third-order valence-electron chi connectivity index (χ3n) is 3.84. The Morgan fingerprint density at radius 1 is 1.29 bits per heavy atom. The largest absolute Gasteiger partial charge is 0.495 e. The summed E-state index contributed by atoms with van der Waals surface area (Å²) in [6, 6.07) is 7.43. The maximum absolute atomic E-state index is 11.9. The summed E-state index contributed by atoms with van der Waals surface area (Å²) < 4.78 is 6.94. The minimum Gasteiger partial charge on any atom is -0.495 e. The van der Waals surface area contributed by atoms with E-state index in [-0.39, 0.29) is 11.6 Å². The monoisotopic (exact) mass is 402 g/mol. The van der Waals surface area contributed by atoms with Gasteiger partial charge in [-0.3, -0.25) is 4.57 Å². The molecule has 0 aliphatic carbocycles. The molecule has 0 saturated carbocycles. The van der Waals surface area contributed by atoms with E-state index in [2.05, 4.69) is 37.4 Å². The molecule has 2 aromatic heterocycles. The average molecular weight is 402 g/mol. The summed E-state index contributed by atoms with van der Waals surface area (Å²) in [6.07, 6.45) is 1.89. The lowest BCUT2D eigenvalue weighted by Gasteiger charge is -2.10. The average Bonchev–Trinajstić information content (AvgIpc) is 3.04. The molecule has 0 unspecified atom stereocenters. The van der Waals surface area contributed by atoms with Gasteiger partial charge in [-0.1, -0.05) is 37.2 Å². The summed E-state index contributed by atoms with van der Waals surface area (Å²) in [5.41, 5.74) is 6.33. The van der Waals surface area contributed by atoms with Crippen molar-refractivity contribution in [3.63, 3.8) is 0 Å². The van der Waals surface area contributed by atoms with Gasteiger partial charge in [-0.05, 0) is 18.6 Å². The molecule has 11 heteroatoms. The van der Waals surface area contributed by atoms with E-state index in [1.54, 1.807) is 11.7 Å². The van der Waals surface area contributed by atoms with Gasteiger partial charge in [0.1, 0.15) is 11.6 Å². The summed E-state index contributed by atoms with van der Waals surface area (Å²) >= 11 is 1.36. The van der Waals surface area contributed by atoms with E-state index in [4.69, 9.17) is 10.5 Å². The number of benzene rings is 1. The number of anilines is 3. The molecule has 0 saturated heterocycles. The summed E-state index contributed by atoms with van der Waals surface area (Å²) in [6.45, 7) is 2.69. The molecule has 1 aromatic carbocycles. The fourth-order valence-electron chi connectivity index (χ4n) is 2.48. The van der Waals surface area contributed by atoms with E-state index < -0.39 is 0 Å². The molecule has 4 N–H and O–H groups in total. The van der Waals surface area contributed by atoms with Crippen LogP contribution in [0.25, 0.3) is 0 Å². The topological polar surface area (TPSA) is 137 Å². The predicted molar refractivity (Wildman–Crippen MR) is 108 cm³/mol. The Bertz CT molecular complexity index is 987. The normalized spacial score (nSPS) is 10.8. The Morgan fingerprint density at radius 3 is 2.89 bits per heavy atom. The second-order valence-corrected chi connectivity index (χ2v) is 6.81. The number of rotatable bonds is 9. The standard InChI is InChI=1S/C17H22N8O2S/c1-3-4-9-25-16(26)23-24-17(25)28-10-13-20-14(18)22-15(21-13)19-11-7-5-6-8-12(11)27-2/h5-8H,3-4,9-10H2,1-2H3,(H,23,26)(H3,18,19,20,21,22). The molecule has 3 aromatic rings. The minimum atomic E-state index is -0.218. The Hall–Kier alpha value is -3.08. The van der Waals surface area contributed by atoms with E-state index in [9.17, 15) is 4.79 Å². The van der Waals surface area contributed by atoms with Crippen molar-refractivity contribution >= 4 is 29.3 Å². The molecule has 0 aliphatic heterocycles. The van der Waals surface area contributed by atoms with Crippen molar-refractivity contribution in [2.24, 2.45) is 0 Å². The highest BCUT2D eigenvalue weighted by molar-refractivity contribution is 7.98. The van der Waals surface area contributed by atoms with Gasteiger partial charge in [0.2, 0.25) is 11.9 Å². The van der Waals surface area contributed by atoms with E-state index >= 15 is 0 Å². The lowest BCUT2D eigenvalue weighted by molar-refractivity contribution is 0.417. The highest BCUT2D eigenvalue weighted by atomic mass is 32.2. The number of nitrogen functional groups attached to an aromatic ring is 1. The van der Waals surface area contributed by atoms with E-state index in [1.807, 2.05) is 24.3 Å². The number of unbranched alkanes of at least 4 members (excludes halogenated alkanes) is 1. The van der Waals surface area contributed by atoms with Gasteiger partial charge >= 0.3 is 5.69 Å². The number of methoxy groups -OCH3 is 1. The molecule has 28 heavy (non-hydrogen) atoms. The molecule has 2 heterocycles. The van der Waals surface area contributed by atoms with Crippen LogP contribution in [0.5, 0.6) is 5.75 Å². The fraction of sp³-hybridized carbons (Fsp3) is 0.353. The molecule has 0 aliphatic rings. The van der Waals surface area contributed by atoms with Gasteiger partial charge in [0.05, 0.1) is 18.6 Å². The van der Waals surface area contributed by atoms with Crippen LogP contribution in [-0.2, 0) is 12.3 Å². The molecule has 0 atom stereocenters. The molecular weight excluding hydrogens is 380 g/mol. The molecule has 148 valence electrons.